The molecule has 0 spiro atoms. The highest BCUT2D eigenvalue weighted by molar-refractivity contribution is 5.66. The summed E-state index contributed by atoms with van der Waals surface area (Å²) in [6, 6.07) is 6.48. The number of rotatable bonds is 3. The van der Waals surface area contributed by atoms with Crippen LogP contribution in [0.5, 0.6) is 5.75 Å². The van der Waals surface area contributed by atoms with Crippen LogP contribution in [-0.2, 0) is 16.0 Å². The van der Waals surface area contributed by atoms with E-state index >= 15 is 4.39 Å². The molecule has 1 aromatic rings. The summed E-state index contributed by atoms with van der Waals surface area (Å²) in [5.74, 6) is 2.41. The van der Waals surface area contributed by atoms with Gasteiger partial charge in [-0.1, -0.05) is 19.9 Å². The van der Waals surface area contributed by atoms with E-state index in [4.69, 9.17) is 9.47 Å². The molecule has 4 heteroatoms. The Bertz CT molecular complexity index is 747. The summed E-state index contributed by atoms with van der Waals surface area (Å²) in [4.78, 5) is 11.3. The van der Waals surface area contributed by atoms with E-state index in [-0.39, 0.29) is 12.6 Å². The summed E-state index contributed by atoms with van der Waals surface area (Å²) >= 11 is 0. The predicted molar refractivity (Wildman–Crippen MR) is 103 cm³/mol. The fourth-order valence-electron chi connectivity index (χ4n) is 6.62. The number of hydrogen-bond acceptors (Lipinski definition) is 3. The lowest BCUT2D eigenvalue weighted by Crippen LogP contribution is -2.52. The molecule has 0 aliphatic heterocycles. The minimum Gasteiger partial charge on any atom is -0.497 e. The van der Waals surface area contributed by atoms with E-state index < -0.39 is 11.1 Å². The molecule has 2 saturated carbocycles. The summed E-state index contributed by atoms with van der Waals surface area (Å²) in [6.07, 6.45) is 4.30. The fourth-order valence-corrected chi connectivity index (χ4v) is 6.62. The minimum atomic E-state index is -1.39. The Labute approximate surface area is 161 Å². The Hall–Kier alpha value is -1.58. The van der Waals surface area contributed by atoms with Gasteiger partial charge in [0.25, 0.3) is 0 Å². The number of carbonyl (C=O) groups is 1. The molecular formula is C23H31FO3. The van der Waals surface area contributed by atoms with Gasteiger partial charge in [-0.3, -0.25) is 4.79 Å². The van der Waals surface area contributed by atoms with Crippen molar-refractivity contribution >= 4 is 5.97 Å². The average molecular weight is 374 g/mol. The Morgan fingerprint density at radius 3 is 2.78 bits per heavy atom. The monoisotopic (exact) mass is 374 g/mol. The second-order valence-corrected chi connectivity index (χ2v) is 9.28. The van der Waals surface area contributed by atoms with Crippen LogP contribution < -0.4 is 4.74 Å². The van der Waals surface area contributed by atoms with Crippen LogP contribution in [0.15, 0.2) is 18.2 Å². The van der Waals surface area contributed by atoms with E-state index in [0.29, 0.717) is 30.1 Å². The molecule has 148 valence electrons. The Kier molecular flexibility index (Phi) is 4.51. The van der Waals surface area contributed by atoms with Gasteiger partial charge in [0.2, 0.25) is 0 Å². The van der Waals surface area contributed by atoms with E-state index in [0.717, 1.165) is 31.4 Å². The van der Waals surface area contributed by atoms with Crippen LogP contribution in [0.2, 0.25) is 0 Å². The second-order valence-electron chi connectivity index (χ2n) is 9.28. The highest BCUT2D eigenvalue weighted by Gasteiger charge is 2.64. The lowest BCUT2D eigenvalue weighted by Gasteiger charge is -2.54. The first-order valence-electron chi connectivity index (χ1n) is 10.3. The maximum Gasteiger partial charge on any atom is 0.302 e. The molecule has 0 aromatic heterocycles. The van der Waals surface area contributed by atoms with E-state index in [1.165, 1.54) is 18.1 Å². The maximum atomic E-state index is 16.0. The zero-order valence-corrected chi connectivity index (χ0v) is 16.9. The van der Waals surface area contributed by atoms with Crippen LogP contribution in [0.1, 0.15) is 63.5 Å². The van der Waals surface area contributed by atoms with Crippen molar-refractivity contribution in [2.75, 3.05) is 13.7 Å². The normalized spacial score (nSPS) is 39.9. The van der Waals surface area contributed by atoms with Gasteiger partial charge in [-0.2, -0.15) is 0 Å². The summed E-state index contributed by atoms with van der Waals surface area (Å²) in [6.45, 7) is 5.72. The van der Waals surface area contributed by atoms with E-state index in [2.05, 4.69) is 32.0 Å². The second kappa shape index (κ2) is 6.49. The number of hydrogen-bond donors (Lipinski definition) is 0. The largest absolute Gasteiger partial charge is 0.497 e. The van der Waals surface area contributed by atoms with Crippen LogP contribution in [0.25, 0.3) is 0 Å². The lowest BCUT2D eigenvalue weighted by molar-refractivity contribution is -0.152. The van der Waals surface area contributed by atoms with Gasteiger partial charge < -0.3 is 9.47 Å². The van der Waals surface area contributed by atoms with Crippen molar-refractivity contribution in [3.63, 3.8) is 0 Å². The third kappa shape index (κ3) is 2.78. The molecule has 27 heavy (non-hydrogen) atoms. The molecule has 4 rings (SSSR count). The fraction of sp³-hybridized carbons (Fsp3) is 0.696. The van der Waals surface area contributed by atoms with Crippen LogP contribution in [0.4, 0.5) is 4.39 Å². The topological polar surface area (TPSA) is 35.5 Å². The number of ether oxygens (including phenoxy) is 2. The SMILES string of the molecule is COc1ccc2c(c1)C[C@@H](C)[C@@H]1[C@@H]2CC[C@@]2(C)[C@@H]1CC[C@]2(F)COC(C)=O. The van der Waals surface area contributed by atoms with E-state index in [1.807, 2.05) is 0 Å². The van der Waals surface area contributed by atoms with Gasteiger partial charge >= 0.3 is 5.97 Å². The summed E-state index contributed by atoms with van der Waals surface area (Å²) in [5, 5.41) is 0. The number of alkyl halides is 1. The number of benzene rings is 1. The smallest absolute Gasteiger partial charge is 0.302 e. The van der Waals surface area contributed by atoms with Gasteiger partial charge in [0, 0.05) is 12.3 Å². The maximum absolute atomic E-state index is 16.0. The van der Waals surface area contributed by atoms with Crippen molar-refractivity contribution in [1.82, 2.24) is 0 Å². The number of esters is 1. The first-order chi connectivity index (χ1) is 12.8. The highest BCUT2D eigenvalue weighted by atomic mass is 19.1. The van der Waals surface area contributed by atoms with Crippen LogP contribution in [-0.4, -0.2) is 25.4 Å². The van der Waals surface area contributed by atoms with Crippen LogP contribution in [0.3, 0.4) is 0 Å². The highest BCUT2D eigenvalue weighted by Crippen LogP contribution is 2.66. The molecule has 0 heterocycles. The lowest BCUT2D eigenvalue weighted by atomic mass is 9.51. The van der Waals surface area contributed by atoms with Crippen molar-refractivity contribution in [2.45, 2.75) is 64.5 Å². The third-order valence-electron chi connectivity index (χ3n) is 8.05. The van der Waals surface area contributed by atoms with Crippen molar-refractivity contribution < 1.29 is 18.7 Å². The van der Waals surface area contributed by atoms with Crippen molar-refractivity contribution in [3.8, 4) is 5.75 Å². The standard InChI is InChI=1S/C23H31FO3/c1-14-11-16-12-17(26-4)5-6-18(16)19-7-9-22(3)20(21(14)19)8-10-23(22,24)13-27-15(2)25/h5-6,12,14,19-21H,7-11,13H2,1-4H3/t14-,19-,20-,21-,22+,23+/m1/s1. The summed E-state index contributed by atoms with van der Waals surface area (Å²) < 4.78 is 26.6. The molecule has 6 atom stereocenters. The first kappa shape index (κ1) is 18.8. The quantitative estimate of drug-likeness (QED) is 0.693. The van der Waals surface area contributed by atoms with Gasteiger partial charge in [0.15, 0.2) is 5.67 Å². The predicted octanol–water partition coefficient (Wildman–Crippen LogP) is 5.07. The number of halogens is 1. The van der Waals surface area contributed by atoms with Crippen molar-refractivity contribution in [3.05, 3.63) is 29.3 Å². The molecule has 0 radical (unpaired) electrons. The van der Waals surface area contributed by atoms with Crippen molar-refractivity contribution in [2.24, 2.45) is 23.2 Å². The number of carbonyl (C=O) groups excluding carboxylic acids is 1. The van der Waals surface area contributed by atoms with Gasteiger partial charge in [0.05, 0.1) is 7.11 Å². The van der Waals surface area contributed by atoms with E-state index in [9.17, 15) is 4.79 Å². The molecule has 0 N–H and O–H groups in total. The molecule has 3 aliphatic rings. The molecule has 0 saturated heterocycles. The summed E-state index contributed by atoms with van der Waals surface area (Å²) in [7, 11) is 1.71. The molecule has 0 bridgehead atoms. The molecule has 3 nitrogen and oxygen atoms in total. The average Bonchev–Trinajstić information content (AvgIpc) is 2.91. The molecule has 3 aliphatic carbocycles. The van der Waals surface area contributed by atoms with Crippen molar-refractivity contribution in [1.29, 1.82) is 0 Å². The van der Waals surface area contributed by atoms with Gasteiger partial charge in [-0.25, -0.2) is 4.39 Å². The summed E-state index contributed by atoms with van der Waals surface area (Å²) in [5.41, 5.74) is 1.05. The molecule has 0 unspecified atom stereocenters. The van der Waals surface area contributed by atoms with E-state index in [1.54, 1.807) is 7.11 Å². The zero-order chi connectivity index (χ0) is 19.4. The van der Waals surface area contributed by atoms with Gasteiger partial charge in [0.1, 0.15) is 12.4 Å². The molecular weight excluding hydrogens is 343 g/mol. The van der Waals surface area contributed by atoms with Gasteiger partial charge in [-0.05, 0) is 79.0 Å². The molecule has 1 aromatic carbocycles. The van der Waals surface area contributed by atoms with Gasteiger partial charge in [-0.15, -0.1) is 0 Å². The third-order valence-corrected chi connectivity index (χ3v) is 8.05. The molecule has 2 fully saturated rings. The Balaban J connectivity index is 1.65. The Morgan fingerprint density at radius 1 is 1.30 bits per heavy atom. The number of fused-ring (bicyclic) bond motifs is 5. The minimum absolute atomic E-state index is 0.0884. The zero-order valence-electron chi connectivity index (χ0n) is 16.9. The van der Waals surface area contributed by atoms with Crippen LogP contribution in [0, 0.1) is 23.2 Å². The first-order valence-corrected chi connectivity index (χ1v) is 10.3. The number of methoxy groups -OCH3 is 1. The Morgan fingerprint density at radius 2 is 2.07 bits per heavy atom. The molecule has 0 amide bonds. The van der Waals surface area contributed by atoms with Crippen LogP contribution >= 0.6 is 0 Å².